The number of allylic oxidation sites excluding steroid dienone is 4. The Balaban J connectivity index is 5.19. The first-order chi connectivity index (χ1) is 42.6. The van der Waals surface area contributed by atoms with E-state index in [-0.39, 0.29) is 25.7 Å². The van der Waals surface area contributed by atoms with Gasteiger partial charge < -0.3 is 33.8 Å². The lowest BCUT2D eigenvalue weighted by Gasteiger charge is -2.21. The molecule has 0 fully saturated rings. The summed E-state index contributed by atoms with van der Waals surface area (Å²) in [4.78, 5) is 72.1. The minimum absolute atomic E-state index is 0.101. The third kappa shape index (κ3) is 61.1. The van der Waals surface area contributed by atoms with E-state index in [4.69, 9.17) is 37.0 Å². The third-order valence-electron chi connectivity index (χ3n) is 15.8. The molecule has 0 saturated carbocycles. The van der Waals surface area contributed by atoms with Crippen LogP contribution in [0.15, 0.2) is 24.3 Å². The van der Waals surface area contributed by atoms with E-state index in [9.17, 15) is 43.2 Å². The monoisotopic (exact) mass is 1290 g/mol. The summed E-state index contributed by atoms with van der Waals surface area (Å²) in [6.07, 6.45) is 51.1. The summed E-state index contributed by atoms with van der Waals surface area (Å²) in [6, 6.07) is 0. The van der Waals surface area contributed by atoms with Gasteiger partial charge in [0.05, 0.1) is 26.4 Å². The number of ether oxygens (including phenoxy) is 4. The highest BCUT2D eigenvalue weighted by atomic mass is 31.2. The van der Waals surface area contributed by atoms with Crippen LogP contribution in [0.2, 0.25) is 0 Å². The van der Waals surface area contributed by atoms with Crippen LogP contribution in [0.3, 0.4) is 0 Å². The second-order valence-electron chi connectivity index (χ2n) is 24.5. The molecule has 3 N–H and O–H groups in total. The zero-order valence-electron chi connectivity index (χ0n) is 56.3. The van der Waals surface area contributed by atoms with Crippen molar-refractivity contribution in [1.82, 2.24) is 0 Å². The topological polar surface area (TPSA) is 237 Å². The molecule has 0 bridgehead atoms. The van der Waals surface area contributed by atoms with E-state index in [1.165, 1.54) is 128 Å². The number of hydrogen-bond acceptors (Lipinski definition) is 15. The fraction of sp³-hybridized carbons (Fsp3) is 0.884. The highest BCUT2D eigenvalue weighted by Crippen LogP contribution is 2.45. The van der Waals surface area contributed by atoms with Gasteiger partial charge in [0, 0.05) is 25.7 Å². The van der Waals surface area contributed by atoms with Gasteiger partial charge in [-0.2, -0.15) is 0 Å². The van der Waals surface area contributed by atoms with Gasteiger partial charge in [-0.25, -0.2) is 9.13 Å². The SMILES string of the molecule is CCCCCC/C=C\C=C/CCCCCCCC(=O)OC[C@H](COP(=O)(O)OC[C@@H](O)COP(=O)(O)OC[C@@H](COC(=O)CCCCCCC)OC(=O)CCCCCCCCCCCC)OC(=O)CCCCCCCCCCCCCCCCC(C)CC. The molecule has 0 radical (unpaired) electrons. The van der Waals surface area contributed by atoms with Crippen molar-refractivity contribution >= 4 is 39.5 Å². The number of rotatable bonds is 67. The second-order valence-corrected chi connectivity index (χ2v) is 27.4. The van der Waals surface area contributed by atoms with Crippen LogP contribution in [0.1, 0.15) is 330 Å². The Kier molecular flexibility index (Phi) is 60.3. The van der Waals surface area contributed by atoms with Gasteiger partial charge >= 0.3 is 39.5 Å². The van der Waals surface area contributed by atoms with Crippen molar-refractivity contribution in [3.05, 3.63) is 24.3 Å². The van der Waals surface area contributed by atoms with E-state index in [1.54, 1.807) is 0 Å². The van der Waals surface area contributed by atoms with Gasteiger partial charge in [0.1, 0.15) is 19.3 Å². The summed E-state index contributed by atoms with van der Waals surface area (Å²) in [5, 5.41) is 10.5. The minimum atomic E-state index is -4.96. The number of carbonyl (C=O) groups is 4. The molecule has 518 valence electrons. The lowest BCUT2D eigenvalue weighted by atomic mass is 9.99. The molecule has 0 rings (SSSR count). The predicted molar refractivity (Wildman–Crippen MR) is 354 cm³/mol. The van der Waals surface area contributed by atoms with Gasteiger partial charge in [0.25, 0.3) is 0 Å². The zero-order chi connectivity index (χ0) is 64.9. The predicted octanol–water partition coefficient (Wildman–Crippen LogP) is 19.3. The number of carbonyl (C=O) groups excluding carboxylic acids is 4. The van der Waals surface area contributed by atoms with E-state index in [0.29, 0.717) is 25.7 Å². The zero-order valence-corrected chi connectivity index (χ0v) is 58.1. The maximum atomic E-state index is 13.0. The molecule has 0 aliphatic heterocycles. The number of unbranched alkanes of at least 4 members (excludes halogenated alkanes) is 35. The smallest absolute Gasteiger partial charge is 0.462 e. The Bertz CT molecular complexity index is 1800. The molecule has 0 spiro atoms. The van der Waals surface area contributed by atoms with Crippen LogP contribution in [-0.4, -0.2) is 96.7 Å². The lowest BCUT2D eigenvalue weighted by Crippen LogP contribution is -2.30. The summed E-state index contributed by atoms with van der Waals surface area (Å²) in [5.74, 6) is -1.32. The number of aliphatic hydroxyl groups is 1. The first-order valence-electron chi connectivity index (χ1n) is 35.5. The number of phosphoric acid groups is 2. The minimum Gasteiger partial charge on any atom is -0.462 e. The summed E-state index contributed by atoms with van der Waals surface area (Å²) >= 11 is 0. The van der Waals surface area contributed by atoms with Crippen LogP contribution in [0.4, 0.5) is 0 Å². The Morgan fingerprint density at radius 2 is 0.636 bits per heavy atom. The van der Waals surface area contributed by atoms with Crippen molar-refractivity contribution in [2.24, 2.45) is 5.92 Å². The van der Waals surface area contributed by atoms with Crippen molar-refractivity contribution in [3.8, 4) is 0 Å². The first-order valence-corrected chi connectivity index (χ1v) is 38.5. The van der Waals surface area contributed by atoms with Gasteiger partial charge in [-0.3, -0.25) is 37.3 Å². The van der Waals surface area contributed by atoms with Gasteiger partial charge in [-0.05, 0) is 57.3 Å². The molecule has 88 heavy (non-hydrogen) atoms. The van der Waals surface area contributed by atoms with Crippen molar-refractivity contribution in [3.63, 3.8) is 0 Å². The molecule has 3 unspecified atom stereocenters. The van der Waals surface area contributed by atoms with E-state index in [1.807, 2.05) is 0 Å². The van der Waals surface area contributed by atoms with E-state index in [0.717, 1.165) is 121 Å². The first kappa shape index (κ1) is 85.5. The van der Waals surface area contributed by atoms with Crippen molar-refractivity contribution in [2.75, 3.05) is 39.6 Å². The normalized spacial score (nSPS) is 14.6. The summed E-state index contributed by atoms with van der Waals surface area (Å²) in [7, 11) is -9.90. The van der Waals surface area contributed by atoms with E-state index in [2.05, 4.69) is 58.9 Å². The third-order valence-corrected chi connectivity index (χ3v) is 17.7. The maximum absolute atomic E-state index is 13.0. The number of aliphatic hydroxyl groups excluding tert-OH is 1. The standard InChI is InChI=1S/C69H130O17P2/c1-6-10-13-16-18-20-22-23-24-28-31-35-38-43-48-53-67(72)80-59-65(86-69(74)55-50-45-40-36-32-29-26-25-27-30-33-37-42-46-51-62(5)9-4)61-84-88(77,78)82-57-63(70)56-81-87(75,76)83-60-64(58-79-66(71)52-47-41-15-12-8-3)85-68(73)54-49-44-39-34-21-19-17-14-11-7-2/h20,22-24,62-65,70H,6-19,21,25-61H2,1-5H3,(H,75,76)(H,77,78)/b22-20-,24-23-/t62?,63-,64+,65+/m0/s1. The van der Waals surface area contributed by atoms with Crippen LogP contribution in [0, 0.1) is 5.92 Å². The maximum Gasteiger partial charge on any atom is 0.472 e. The van der Waals surface area contributed by atoms with Crippen molar-refractivity contribution in [1.29, 1.82) is 0 Å². The Morgan fingerprint density at radius 3 is 0.966 bits per heavy atom. The highest BCUT2D eigenvalue weighted by molar-refractivity contribution is 7.47. The molecule has 0 aromatic rings. The van der Waals surface area contributed by atoms with Gasteiger partial charge in [-0.15, -0.1) is 0 Å². The Labute approximate surface area is 535 Å². The molecule has 0 aromatic carbocycles. The molecule has 19 heteroatoms. The average Bonchev–Trinajstić information content (AvgIpc) is 3.67. The van der Waals surface area contributed by atoms with Gasteiger partial charge in [0.2, 0.25) is 0 Å². The second kappa shape index (κ2) is 62.0. The fourth-order valence-corrected chi connectivity index (χ4v) is 11.5. The molecule has 0 aliphatic rings. The molecule has 0 aromatic heterocycles. The number of esters is 4. The Morgan fingerprint density at radius 1 is 0.364 bits per heavy atom. The summed E-state index contributed by atoms with van der Waals surface area (Å²) in [5.41, 5.74) is 0. The highest BCUT2D eigenvalue weighted by Gasteiger charge is 2.30. The van der Waals surface area contributed by atoms with Crippen molar-refractivity contribution in [2.45, 2.75) is 348 Å². The summed E-state index contributed by atoms with van der Waals surface area (Å²) < 4.78 is 67.9. The van der Waals surface area contributed by atoms with Crippen LogP contribution in [-0.2, 0) is 65.4 Å². The van der Waals surface area contributed by atoms with Gasteiger partial charge in [-0.1, -0.05) is 277 Å². The molecule has 17 nitrogen and oxygen atoms in total. The van der Waals surface area contributed by atoms with Crippen LogP contribution in [0.25, 0.3) is 0 Å². The molecule has 0 saturated heterocycles. The van der Waals surface area contributed by atoms with Gasteiger partial charge in [0.15, 0.2) is 12.2 Å². The Hall–Kier alpha value is -2.46. The van der Waals surface area contributed by atoms with E-state index < -0.39 is 97.5 Å². The van der Waals surface area contributed by atoms with Crippen LogP contribution < -0.4 is 0 Å². The molecule has 0 aliphatic carbocycles. The molecular weight excluding hydrogens is 1160 g/mol. The number of phosphoric ester groups is 2. The molecule has 0 amide bonds. The number of hydrogen-bond donors (Lipinski definition) is 3. The quantitative estimate of drug-likeness (QED) is 0.0169. The van der Waals surface area contributed by atoms with E-state index >= 15 is 0 Å². The van der Waals surface area contributed by atoms with Crippen LogP contribution >= 0.6 is 15.6 Å². The molecule has 6 atom stereocenters. The van der Waals surface area contributed by atoms with Crippen molar-refractivity contribution < 1.29 is 80.2 Å². The molecule has 0 heterocycles. The fourth-order valence-electron chi connectivity index (χ4n) is 9.89. The largest absolute Gasteiger partial charge is 0.472 e. The summed E-state index contributed by atoms with van der Waals surface area (Å²) in [6.45, 7) is 7.12. The van der Waals surface area contributed by atoms with Crippen LogP contribution in [0.5, 0.6) is 0 Å². The molecular formula is C69H130O17P2. The lowest BCUT2D eigenvalue weighted by molar-refractivity contribution is -0.161. The average molecular weight is 1290 g/mol.